The lowest BCUT2D eigenvalue weighted by Gasteiger charge is -2.37. The van der Waals surface area contributed by atoms with Gasteiger partial charge in [0.05, 0.1) is 12.7 Å². The van der Waals surface area contributed by atoms with E-state index in [2.05, 4.69) is 19.2 Å². The van der Waals surface area contributed by atoms with Gasteiger partial charge in [0.25, 0.3) is 0 Å². The Balaban J connectivity index is 0.000000980. The maximum absolute atomic E-state index is 5.74. The third-order valence-corrected chi connectivity index (χ3v) is 2.74. The first-order valence-electron chi connectivity index (χ1n) is 5.14. The fraction of sp³-hybridized carbons (Fsp3) is 1.00. The molecular weight excluding hydrogens is 202 g/mol. The molecule has 2 aliphatic heterocycles. The van der Waals surface area contributed by atoms with E-state index < -0.39 is 0 Å². The van der Waals surface area contributed by atoms with E-state index in [1.807, 2.05) is 0 Å². The van der Waals surface area contributed by atoms with Gasteiger partial charge in [-0.1, -0.05) is 13.8 Å². The van der Waals surface area contributed by atoms with Gasteiger partial charge in [0.1, 0.15) is 6.23 Å². The molecule has 2 aliphatic rings. The third-order valence-electron chi connectivity index (χ3n) is 2.74. The van der Waals surface area contributed by atoms with Crippen LogP contribution in [0.4, 0.5) is 0 Å². The molecule has 2 atom stereocenters. The van der Waals surface area contributed by atoms with Crippen molar-refractivity contribution < 1.29 is 9.47 Å². The van der Waals surface area contributed by atoms with Gasteiger partial charge < -0.3 is 9.47 Å². The number of rotatable bonds is 1. The van der Waals surface area contributed by atoms with Crippen LogP contribution in [0.1, 0.15) is 26.7 Å². The highest BCUT2D eigenvalue weighted by Crippen LogP contribution is 2.24. The van der Waals surface area contributed by atoms with E-state index in [9.17, 15) is 0 Å². The molecule has 0 aromatic rings. The van der Waals surface area contributed by atoms with Crippen LogP contribution in [-0.4, -0.2) is 32.1 Å². The molecular formula is C10H20ClNO2. The number of nitrogens with one attached hydrogen (secondary N) is 1. The average Bonchev–Trinajstić information content (AvgIpc) is 2.56. The first-order valence-corrected chi connectivity index (χ1v) is 5.14. The summed E-state index contributed by atoms with van der Waals surface area (Å²) in [5.74, 6) is 0. The Labute approximate surface area is 91.9 Å². The van der Waals surface area contributed by atoms with Gasteiger partial charge in [-0.3, -0.25) is 5.32 Å². The smallest absolute Gasteiger partial charge is 0.134 e. The van der Waals surface area contributed by atoms with Crippen molar-refractivity contribution in [2.24, 2.45) is 5.41 Å². The van der Waals surface area contributed by atoms with Crippen LogP contribution in [0.25, 0.3) is 0 Å². The maximum atomic E-state index is 5.74. The topological polar surface area (TPSA) is 30.5 Å². The van der Waals surface area contributed by atoms with Crippen molar-refractivity contribution in [3.63, 3.8) is 0 Å². The van der Waals surface area contributed by atoms with Gasteiger partial charge in [0.15, 0.2) is 0 Å². The summed E-state index contributed by atoms with van der Waals surface area (Å²) in [6.07, 6.45) is 2.74. The van der Waals surface area contributed by atoms with Crippen LogP contribution in [0.5, 0.6) is 0 Å². The van der Waals surface area contributed by atoms with Gasteiger partial charge in [-0.05, 0) is 12.8 Å². The fourth-order valence-corrected chi connectivity index (χ4v) is 1.88. The molecule has 4 heteroatoms. The van der Waals surface area contributed by atoms with E-state index in [0.717, 1.165) is 26.2 Å². The Morgan fingerprint density at radius 1 is 1.29 bits per heavy atom. The van der Waals surface area contributed by atoms with Crippen molar-refractivity contribution >= 4 is 12.4 Å². The number of hydrogen-bond acceptors (Lipinski definition) is 3. The van der Waals surface area contributed by atoms with E-state index in [4.69, 9.17) is 9.47 Å². The average molecular weight is 222 g/mol. The molecule has 0 aromatic carbocycles. The van der Waals surface area contributed by atoms with Crippen LogP contribution < -0.4 is 5.32 Å². The van der Waals surface area contributed by atoms with Crippen LogP contribution in [0.2, 0.25) is 0 Å². The zero-order chi connectivity index (χ0) is 9.31. The SMILES string of the molecule is CC1(C)CNC(C2CCCO2)OC1.Cl. The van der Waals surface area contributed by atoms with E-state index >= 15 is 0 Å². The molecule has 2 saturated heterocycles. The molecule has 84 valence electrons. The van der Waals surface area contributed by atoms with E-state index in [1.165, 1.54) is 6.42 Å². The molecule has 2 fully saturated rings. The molecule has 2 unspecified atom stereocenters. The summed E-state index contributed by atoms with van der Waals surface area (Å²) in [7, 11) is 0. The highest BCUT2D eigenvalue weighted by atomic mass is 35.5. The second-order valence-corrected chi connectivity index (χ2v) is 4.83. The Bertz CT molecular complexity index is 171. The Morgan fingerprint density at radius 3 is 2.57 bits per heavy atom. The molecule has 0 bridgehead atoms. The standard InChI is InChI=1S/C10H19NO2.ClH/c1-10(2)6-11-9(13-7-10)8-4-3-5-12-8;/h8-9,11H,3-7H2,1-2H3;1H. The van der Waals surface area contributed by atoms with Gasteiger partial charge in [0.2, 0.25) is 0 Å². The van der Waals surface area contributed by atoms with Crippen molar-refractivity contribution in [2.75, 3.05) is 19.8 Å². The van der Waals surface area contributed by atoms with Crippen molar-refractivity contribution in [2.45, 2.75) is 39.0 Å². The summed E-state index contributed by atoms with van der Waals surface area (Å²) < 4.78 is 11.3. The predicted molar refractivity (Wildman–Crippen MR) is 57.7 cm³/mol. The molecule has 14 heavy (non-hydrogen) atoms. The number of hydrogen-bond donors (Lipinski definition) is 1. The summed E-state index contributed by atoms with van der Waals surface area (Å²) in [6, 6.07) is 0. The van der Waals surface area contributed by atoms with Crippen molar-refractivity contribution in [1.82, 2.24) is 5.32 Å². The van der Waals surface area contributed by atoms with Crippen LogP contribution >= 0.6 is 12.4 Å². The molecule has 0 aliphatic carbocycles. The van der Waals surface area contributed by atoms with Crippen LogP contribution in [0.15, 0.2) is 0 Å². The fourth-order valence-electron chi connectivity index (χ4n) is 1.88. The lowest BCUT2D eigenvalue weighted by Crippen LogP contribution is -2.52. The molecule has 0 radical (unpaired) electrons. The zero-order valence-electron chi connectivity index (χ0n) is 8.91. The minimum atomic E-state index is 0. The highest BCUT2D eigenvalue weighted by molar-refractivity contribution is 5.85. The first kappa shape index (κ1) is 12.2. The summed E-state index contributed by atoms with van der Waals surface area (Å²) in [5.41, 5.74) is 0.273. The van der Waals surface area contributed by atoms with Crippen molar-refractivity contribution in [3.05, 3.63) is 0 Å². The van der Waals surface area contributed by atoms with E-state index in [1.54, 1.807) is 0 Å². The largest absolute Gasteiger partial charge is 0.374 e. The molecule has 3 nitrogen and oxygen atoms in total. The number of halogens is 1. The van der Waals surface area contributed by atoms with E-state index in [0.29, 0.717) is 0 Å². The molecule has 0 amide bonds. The van der Waals surface area contributed by atoms with Crippen LogP contribution in [0, 0.1) is 5.41 Å². The summed E-state index contributed by atoms with van der Waals surface area (Å²) in [6.45, 7) is 7.19. The van der Waals surface area contributed by atoms with Gasteiger partial charge >= 0.3 is 0 Å². The molecule has 1 N–H and O–H groups in total. The first-order chi connectivity index (χ1) is 6.17. The third kappa shape index (κ3) is 2.83. The molecule has 0 spiro atoms. The highest BCUT2D eigenvalue weighted by Gasteiger charge is 2.33. The lowest BCUT2D eigenvalue weighted by molar-refractivity contribution is -0.116. The molecule has 2 rings (SSSR count). The number of ether oxygens (including phenoxy) is 2. The summed E-state index contributed by atoms with van der Waals surface area (Å²) in [4.78, 5) is 0. The molecule has 2 heterocycles. The monoisotopic (exact) mass is 221 g/mol. The van der Waals surface area contributed by atoms with Crippen LogP contribution in [0.3, 0.4) is 0 Å². The van der Waals surface area contributed by atoms with Gasteiger partial charge in [-0.25, -0.2) is 0 Å². The van der Waals surface area contributed by atoms with Crippen LogP contribution in [-0.2, 0) is 9.47 Å². The van der Waals surface area contributed by atoms with Gasteiger partial charge in [-0.15, -0.1) is 12.4 Å². The van der Waals surface area contributed by atoms with E-state index in [-0.39, 0.29) is 30.2 Å². The molecule has 0 saturated carbocycles. The van der Waals surface area contributed by atoms with Crippen molar-refractivity contribution in [3.8, 4) is 0 Å². The maximum Gasteiger partial charge on any atom is 0.134 e. The quantitative estimate of drug-likeness (QED) is 0.729. The summed E-state index contributed by atoms with van der Waals surface area (Å²) >= 11 is 0. The Kier molecular flexibility index (Phi) is 4.19. The Morgan fingerprint density at radius 2 is 2.07 bits per heavy atom. The normalized spacial score (nSPS) is 36.4. The lowest BCUT2D eigenvalue weighted by atomic mass is 9.93. The summed E-state index contributed by atoms with van der Waals surface area (Å²) in [5, 5.41) is 3.40. The predicted octanol–water partition coefficient (Wildman–Crippen LogP) is 1.56. The second-order valence-electron chi connectivity index (χ2n) is 4.83. The van der Waals surface area contributed by atoms with Gasteiger partial charge in [0, 0.05) is 18.6 Å². The Hall–Kier alpha value is 0.170. The van der Waals surface area contributed by atoms with Gasteiger partial charge in [-0.2, -0.15) is 0 Å². The van der Waals surface area contributed by atoms with Crippen molar-refractivity contribution in [1.29, 1.82) is 0 Å². The second kappa shape index (κ2) is 4.79. The molecule has 0 aromatic heterocycles. The minimum absolute atomic E-state index is 0. The zero-order valence-corrected chi connectivity index (χ0v) is 9.73. The minimum Gasteiger partial charge on any atom is -0.374 e.